The van der Waals surface area contributed by atoms with Crippen LogP contribution in [0.25, 0.3) is 0 Å². The quantitative estimate of drug-likeness (QED) is 0.423. The predicted octanol–water partition coefficient (Wildman–Crippen LogP) is 4.36. The van der Waals surface area contributed by atoms with Crippen LogP contribution in [-0.4, -0.2) is 37.3 Å². The third-order valence-electron chi connectivity index (χ3n) is 4.11. The van der Waals surface area contributed by atoms with Gasteiger partial charge in [0.15, 0.2) is 0 Å². The number of benzene rings is 1. The van der Waals surface area contributed by atoms with Crippen LogP contribution in [0.15, 0.2) is 33.7 Å². The summed E-state index contributed by atoms with van der Waals surface area (Å²) in [5, 5.41) is 0. The molecule has 0 unspecified atom stereocenters. The van der Waals surface area contributed by atoms with E-state index in [4.69, 9.17) is 10.5 Å². The number of hydrogen-bond acceptors (Lipinski definition) is 2. The number of ether oxygens (including phenoxy) is 1. The summed E-state index contributed by atoms with van der Waals surface area (Å²) in [6.07, 6.45) is 6.01. The molecule has 1 fully saturated rings. The van der Waals surface area contributed by atoms with E-state index in [1.807, 2.05) is 18.2 Å². The number of nitrogens with two attached hydrogens (primary N) is 1. The molecular formula is C16H23Br2N2O+. The van der Waals surface area contributed by atoms with Gasteiger partial charge in [-0.15, -0.1) is 0 Å². The summed E-state index contributed by atoms with van der Waals surface area (Å²) in [6, 6.07) is 3.74. The summed E-state index contributed by atoms with van der Waals surface area (Å²) in [4.78, 5) is 0. The van der Waals surface area contributed by atoms with Gasteiger partial charge in [-0.05, 0) is 69.3 Å². The van der Waals surface area contributed by atoms with Crippen molar-refractivity contribution in [3.8, 4) is 5.75 Å². The van der Waals surface area contributed by atoms with Crippen molar-refractivity contribution in [1.82, 2.24) is 0 Å². The monoisotopic (exact) mass is 417 g/mol. The van der Waals surface area contributed by atoms with Gasteiger partial charge < -0.3 is 15.0 Å². The molecule has 0 saturated carbocycles. The number of nitrogens with zero attached hydrogens (tertiary/aromatic N) is 1. The summed E-state index contributed by atoms with van der Waals surface area (Å²) >= 11 is 7.02. The molecule has 0 spiro atoms. The molecule has 1 heterocycles. The standard InChI is InChI=1S/C16H23Br2N2O/c1-2-6-20(7-4-3-5-8-20)9-10-21-16-14(17)11-13(19)12-15(16)18/h2,11-12H,1,3-10,19H2/q+1. The van der Waals surface area contributed by atoms with E-state index in [1.165, 1.54) is 32.4 Å². The lowest BCUT2D eigenvalue weighted by Gasteiger charge is -2.40. The number of halogens is 2. The minimum Gasteiger partial charge on any atom is -0.485 e. The van der Waals surface area contributed by atoms with Crippen molar-refractivity contribution in [3.63, 3.8) is 0 Å². The van der Waals surface area contributed by atoms with Gasteiger partial charge in [-0.3, -0.25) is 0 Å². The Morgan fingerprint density at radius 2 is 1.81 bits per heavy atom. The highest BCUT2D eigenvalue weighted by Crippen LogP contribution is 2.35. The Kier molecular flexibility index (Phi) is 6.14. The Morgan fingerprint density at radius 3 is 2.38 bits per heavy atom. The molecule has 1 aliphatic heterocycles. The first kappa shape index (κ1) is 16.8. The molecule has 2 rings (SSSR count). The van der Waals surface area contributed by atoms with Crippen molar-refractivity contribution in [2.45, 2.75) is 19.3 Å². The number of likely N-dealkylation sites (tertiary alicyclic amines) is 1. The van der Waals surface area contributed by atoms with Crippen molar-refractivity contribution < 1.29 is 9.22 Å². The lowest BCUT2D eigenvalue weighted by molar-refractivity contribution is -0.927. The summed E-state index contributed by atoms with van der Waals surface area (Å²) in [6.45, 7) is 9.15. The fraction of sp³-hybridized carbons (Fsp3) is 0.500. The maximum Gasteiger partial charge on any atom is 0.148 e. The Balaban J connectivity index is 1.98. The zero-order valence-corrected chi connectivity index (χ0v) is 15.5. The van der Waals surface area contributed by atoms with Crippen molar-refractivity contribution in [1.29, 1.82) is 0 Å². The fourth-order valence-corrected chi connectivity index (χ4v) is 4.46. The molecule has 21 heavy (non-hydrogen) atoms. The normalized spacial score (nSPS) is 17.4. The van der Waals surface area contributed by atoms with E-state index in [0.29, 0.717) is 12.3 Å². The molecule has 5 heteroatoms. The fourth-order valence-electron chi connectivity index (χ4n) is 3.01. The second kappa shape index (κ2) is 7.65. The first-order valence-electron chi connectivity index (χ1n) is 7.40. The molecular weight excluding hydrogens is 396 g/mol. The first-order chi connectivity index (χ1) is 10.1. The van der Waals surface area contributed by atoms with Gasteiger partial charge in [0.2, 0.25) is 0 Å². The number of hydrogen-bond donors (Lipinski definition) is 1. The highest BCUT2D eigenvalue weighted by atomic mass is 79.9. The van der Waals surface area contributed by atoms with E-state index >= 15 is 0 Å². The molecule has 1 aliphatic rings. The van der Waals surface area contributed by atoms with Crippen LogP contribution < -0.4 is 10.5 Å². The van der Waals surface area contributed by atoms with E-state index in [1.54, 1.807) is 0 Å². The van der Waals surface area contributed by atoms with Gasteiger partial charge in [-0.1, -0.05) is 6.58 Å². The average molecular weight is 419 g/mol. The third-order valence-corrected chi connectivity index (χ3v) is 5.29. The molecule has 0 atom stereocenters. The lowest BCUT2D eigenvalue weighted by atomic mass is 10.1. The first-order valence-corrected chi connectivity index (χ1v) is 8.98. The van der Waals surface area contributed by atoms with Crippen LogP contribution in [0.1, 0.15) is 19.3 Å². The Morgan fingerprint density at radius 1 is 1.19 bits per heavy atom. The van der Waals surface area contributed by atoms with Crippen LogP contribution in [0, 0.1) is 0 Å². The van der Waals surface area contributed by atoms with E-state index in [-0.39, 0.29) is 0 Å². The molecule has 1 saturated heterocycles. The predicted molar refractivity (Wildman–Crippen MR) is 95.5 cm³/mol. The minimum absolute atomic E-state index is 0.703. The molecule has 0 amide bonds. The largest absolute Gasteiger partial charge is 0.485 e. The average Bonchev–Trinajstić information content (AvgIpc) is 2.43. The van der Waals surface area contributed by atoms with Gasteiger partial charge in [0.25, 0.3) is 0 Å². The van der Waals surface area contributed by atoms with Crippen molar-refractivity contribution in [2.75, 3.05) is 38.5 Å². The van der Waals surface area contributed by atoms with Gasteiger partial charge in [0, 0.05) is 5.69 Å². The summed E-state index contributed by atoms with van der Waals surface area (Å²) in [7, 11) is 0. The maximum atomic E-state index is 6.00. The van der Waals surface area contributed by atoms with E-state index < -0.39 is 0 Å². The summed E-state index contributed by atoms with van der Waals surface area (Å²) in [5.74, 6) is 0.831. The lowest BCUT2D eigenvalue weighted by Crippen LogP contribution is -2.53. The second-order valence-corrected chi connectivity index (χ2v) is 7.42. The highest BCUT2D eigenvalue weighted by molar-refractivity contribution is 9.11. The summed E-state index contributed by atoms with van der Waals surface area (Å²) < 4.78 is 8.89. The topological polar surface area (TPSA) is 35.2 Å². The molecule has 116 valence electrons. The Hall–Kier alpha value is -0.520. The van der Waals surface area contributed by atoms with Crippen LogP contribution in [0.5, 0.6) is 5.75 Å². The van der Waals surface area contributed by atoms with Crippen LogP contribution in [0.2, 0.25) is 0 Å². The van der Waals surface area contributed by atoms with Crippen molar-refractivity contribution >= 4 is 37.5 Å². The Bertz CT molecular complexity index is 476. The number of piperidine rings is 1. The second-order valence-electron chi connectivity index (χ2n) is 5.71. The van der Waals surface area contributed by atoms with Gasteiger partial charge in [-0.25, -0.2) is 0 Å². The molecule has 0 radical (unpaired) electrons. The van der Waals surface area contributed by atoms with Crippen LogP contribution in [-0.2, 0) is 0 Å². The van der Waals surface area contributed by atoms with Crippen LogP contribution in [0.4, 0.5) is 5.69 Å². The molecule has 0 aliphatic carbocycles. The van der Waals surface area contributed by atoms with Gasteiger partial charge in [-0.2, -0.15) is 0 Å². The van der Waals surface area contributed by atoms with E-state index in [2.05, 4.69) is 38.4 Å². The number of nitrogen functional groups attached to an aromatic ring is 1. The highest BCUT2D eigenvalue weighted by Gasteiger charge is 2.28. The van der Waals surface area contributed by atoms with E-state index in [0.717, 1.165) is 32.3 Å². The number of anilines is 1. The zero-order chi connectivity index (χ0) is 15.3. The van der Waals surface area contributed by atoms with Crippen molar-refractivity contribution in [3.05, 3.63) is 33.7 Å². The minimum atomic E-state index is 0.703. The molecule has 0 aromatic heterocycles. The maximum absolute atomic E-state index is 6.00. The summed E-state index contributed by atoms with van der Waals surface area (Å²) in [5.41, 5.74) is 6.52. The van der Waals surface area contributed by atoms with E-state index in [9.17, 15) is 0 Å². The smallest absolute Gasteiger partial charge is 0.148 e. The third kappa shape index (κ3) is 4.47. The molecule has 1 aromatic rings. The van der Waals surface area contributed by atoms with Gasteiger partial charge in [0.1, 0.15) is 18.9 Å². The molecule has 3 nitrogen and oxygen atoms in total. The molecule has 2 N–H and O–H groups in total. The van der Waals surface area contributed by atoms with Gasteiger partial charge in [0.05, 0.1) is 28.6 Å². The number of rotatable bonds is 6. The van der Waals surface area contributed by atoms with Gasteiger partial charge >= 0.3 is 0 Å². The zero-order valence-electron chi connectivity index (χ0n) is 12.3. The Labute approximate surface area is 144 Å². The number of quaternary nitrogens is 1. The molecule has 1 aromatic carbocycles. The van der Waals surface area contributed by atoms with Crippen molar-refractivity contribution in [2.24, 2.45) is 0 Å². The molecule has 0 bridgehead atoms. The van der Waals surface area contributed by atoms with Crippen LogP contribution in [0.3, 0.4) is 0 Å². The van der Waals surface area contributed by atoms with Crippen LogP contribution >= 0.6 is 31.9 Å². The SMILES string of the molecule is C=CC[N+]1(CCOc2c(Br)cc(N)cc2Br)CCCCC1.